The molecule has 0 aromatic heterocycles. The lowest BCUT2D eigenvalue weighted by atomic mass is 9.73. The van der Waals surface area contributed by atoms with Crippen LogP contribution in [0.25, 0.3) is 5.57 Å². The number of hydrogen-bond donors (Lipinski definition) is 0. The zero-order valence-electron chi connectivity index (χ0n) is 17.2. The lowest BCUT2D eigenvalue weighted by Gasteiger charge is -2.29. The average Bonchev–Trinajstić information content (AvgIpc) is 2.73. The summed E-state index contributed by atoms with van der Waals surface area (Å²) < 4.78 is 15.9. The van der Waals surface area contributed by atoms with E-state index in [9.17, 15) is 9.59 Å². The molecule has 5 heteroatoms. The van der Waals surface area contributed by atoms with Crippen LogP contribution >= 0.6 is 0 Å². The van der Waals surface area contributed by atoms with Gasteiger partial charge in [-0.15, -0.1) is 0 Å². The van der Waals surface area contributed by atoms with E-state index in [4.69, 9.17) is 14.2 Å². The molecule has 0 saturated heterocycles. The highest BCUT2D eigenvalue weighted by Crippen LogP contribution is 2.42. The zero-order chi connectivity index (χ0) is 21.0. The van der Waals surface area contributed by atoms with Gasteiger partial charge in [-0.05, 0) is 55.2 Å². The first-order chi connectivity index (χ1) is 14.0. The Morgan fingerprint density at radius 2 is 1.72 bits per heavy atom. The summed E-state index contributed by atoms with van der Waals surface area (Å²) in [5, 5.41) is 0. The van der Waals surface area contributed by atoms with E-state index in [0.717, 1.165) is 22.3 Å². The van der Waals surface area contributed by atoms with Gasteiger partial charge in [0.15, 0.2) is 17.3 Å². The standard InChI is InChI=1S/C24H26O5/c1-5-29-24(26)23-19(16-8-6-15(2)7-9-16)12-18(13-20(23)25)17-10-11-21(27-3)22(14-17)28-4/h6-11,13-14,19,23H,5,12H2,1-4H3/t19-,23+/m1/s1. The molecule has 1 aliphatic rings. The Labute approximate surface area is 171 Å². The molecule has 152 valence electrons. The maximum atomic E-state index is 13.0. The second kappa shape index (κ2) is 8.95. The Morgan fingerprint density at radius 3 is 2.34 bits per heavy atom. The fraction of sp³-hybridized carbons (Fsp3) is 0.333. The van der Waals surface area contributed by atoms with Gasteiger partial charge in [-0.25, -0.2) is 0 Å². The molecule has 0 bridgehead atoms. The van der Waals surface area contributed by atoms with Gasteiger partial charge in [0.1, 0.15) is 5.92 Å². The van der Waals surface area contributed by atoms with E-state index in [-0.39, 0.29) is 18.3 Å². The Kier molecular flexibility index (Phi) is 6.37. The highest BCUT2D eigenvalue weighted by Gasteiger charge is 2.39. The van der Waals surface area contributed by atoms with Gasteiger partial charge in [0.2, 0.25) is 0 Å². The van der Waals surface area contributed by atoms with E-state index < -0.39 is 11.9 Å². The number of allylic oxidation sites excluding steroid dienone is 2. The average molecular weight is 394 g/mol. The quantitative estimate of drug-likeness (QED) is 0.539. The zero-order valence-corrected chi connectivity index (χ0v) is 17.2. The molecule has 3 rings (SSSR count). The molecule has 0 N–H and O–H groups in total. The van der Waals surface area contributed by atoms with Crippen LogP contribution in [0, 0.1) is 12.8 Å². The molecule has 0 saturated carbocycles. The van der Waals surface area contributed by atoms with Crippen molar-refractivity contribution in [1.82, 2.24) is 0 Å². The van der Waals surface area contributed by atoms with Gasteiger partial charge >= 0.3 is 5.97 Å². The predicted molar refractivity (Wildman–Crippen MR) is 111 cm³/mol. The maximum Gasteiger partial charge on any atom is 0.317 e. The van der Waals surface area contributed by atoms with Crippen molar-refractivity contribution in [2.75, 3.05) is 20.8 Å². The summed E-state index contributed by atoms with van der Waals surface area (Å²) in [5.74, 6) is -0.594. The number of ketones is 1. The molecule has 0 amide bonds. The largest absolute Gasteiger partial charge is 0.493 e. The Balaban J connectivity index is 2.03. The summed E-state index contributed by atoms with van der Waals surface area (Å²) in [4.78, 5) is 25.6. The van der Waals surface area contributed by atoms with Crippen LogP contribution in [-0.4, -0.2) is 32.6 Å². The van der Waals surface area contributed by atoms with Crippen molar-refractivity contribution in [3.63, 3.8) is 0 Å². The number of benzene rings is 2. The minimum Gasteiger partial charge on any atom is -0.493 e. The van der Waals surface area contributed by atoms with Crippen molar-refractivity contribution >= 4 is 17.3 Å². The van der Waals surface area contributed by atoms with E-state index in [0.29, 0.717) is 17.9 Å². The molecule has 29 heavy (non-hydrogen) atoms. The molecular formula is C24H26O5. The molecule has 0 unspecified atom stereocenters. The van der Waals surface area contributed by atoms with Crippen molar-refractivity contribution in [2.45, 2.75) is 26.2 Å². The number of ether oxygens (including phenoxy) is 3. The predicted octanol–water partition coefficient (Wildman–Crippen LogP) is 4.33. The maximum absolute atomic E-state index is 13.0. The molecule has 1 aliphatic carbocycles. The van der Waals surface area contributed by atoms with E-state index in [1.54, 1.807) is 27.2 Å². The highest BCUT2D eigenvalue weighted by atomic mass is 16.5. The van der Waals surface area contributed by atoms with E-state index in [2.05, 4.69) is 0 Å². The summed E-state index contributed by atoms with van der Waals surface area (Å²) in [6.07, 6.45) is 2.11. The molecule has 2 aromatic carbocycles. The van der Waals surface area contributed by atoms with Crippen molar-refractivity contribution < 1.29 is 23.8 Å². The Bertz CT molecular complexity index is 927. The summed E-state index contributed by atoms with van der Waals surface area (Å²) in [6, 6.07) is 13.5. The van der Waals surface area contributed by atoms with Crippen molar-refractivity contribution in [1.29, 1.82) is 0 Å². The molecule has 0 radical (unpaired) electrons. The monoisotopic (exact) mass is 394 g/mol. The van der Waals surface area contributed by atoms with Crippen LogP contribution in [0.2, 0.25) is 0 Å². The summed E-state index contributed by atoms with van der Waals surface area (Å²) in [6.45, 7) is 4.00. The van der Waals surface area contributed by atoms with Gasteiger partial charge in [-0.3, -0.25) is 9.59 Å². The molecule has 2 aromatic rings. The van der Waals surface area contributed by atoms with Crippen molar-refractivity contribution in [3.05, 3.63) is 65.2 Å². The number of carbonyl (C=O) groups is 2. The number of aryl methyl sites for hydroxylation is 1. The summed E-state index contributed by atoms with van der Waals surface area (Å²) in [5.41, 5.74) is 3.81. The van der Waals surface area contributed by atoms with Gasteiger partial charge < -0.3 is 14.2 Å². The van der Waals surface area contributed by atoms with Crippen LogP contribution in [0.3, 0.4) is 0 Å². The fourth-order valence-corrected chi connectivity index (χ4v) is 3.75. The van der Waals surface area contributed by atoms with Crippen LogP contribution in [-0.2, 0) is 14.3 Å². The minimum absolute atomic E-state index is 0.231. The molecule has 0 spiro atoms. The van der Waals surface area contributed by atoms with Crippen LogP contribution in [0.15, 0.2) is 48.5 Å². The normalized spacial score (nSPS) is 18.8. The van der Waals surface area contributed by atoms with Crippen molar-refractivity contribution in [2.24, 2.45) is 5.92 Å². The number of hydrogen-bond acceptors (Lipinski definition) is 5. The van der Waals surface area contributed by atoms with E-state index in [1.165, 1.54) is 0 Å². The smallest absolute Gasteiger partial charge is 0.317 e. The molecule has 0 aliphatic heterocycles. The first-order valence-electron chi connectivity index (χ1n) is 9.68. The Morgan fingerprint density at radius 1 is 1.03 bits per heavy atom. The van der Waals surface area contributed by atoms with Gasteiger partial charge in [0, 0.05) is 5.92 Å². The topological polar surface area (TPSA) is 61.8 Å². The van der Waals surface area contributed by atoms with Crippen LogP contribution < -0.4 is 9.47 Å². The van der Waals surface area contributed by atoms with E-state index in [1.807, 2.05) is 49.4 Å². The molecular weight excluding hydrogens is 368 g/mol. The second-order valence-corrected chi connectivity index (χ2v) is 7.09. The molecule has 5 nitrogen and oxygen atoms in total. The van der Waals surface area contributed by atoms with Gasteiger partial charge in [-0.1, -0.05) is 35.9 Å². The summed E-state index contributed by atoms with van der Waals surface area (Å²) in [7, 11) is 3.16. The molecule has 0 heterocycles. The number of methoxy groups -OCH3 is 2. The van der Waals surface area contributed by atoms with Crippen molar-refractivity contribution in [3.8, 4) is 11.5 Å². The van der Waals surface area contributed by atoms with Gasteiger partial charge in [0.05, 0.1) is 20.8 Å². The number of rotatable bonds is 6. The lowest BCUT2D eigenvalue weighted by molar-refractivity contribution is -0.151. The van der Waals surface area contributed by atoms with Crippen LogP contribution in [0.1, 0.15) is 36.0 Å². The Hall–Kier alpha value is -3.08. The van der Waals surface area contributed by atoms with Crippen LogP contribution in [0.5, 0.6) is 11.5 Å². The first-order valence-corrected chi connectivity index (χ1v) is 9.68. The SMILES string of the molecule is CCOC(=O)[C@@H]1C(=O)C=C(c2ccc(OC)c(OC)c2)C[C@@H]1c1ccc(C)cc1. The van der Waals surface area contributed by atoms with Gasteiger partial charge in [0.25, 0.3) is 0 Å². The third-order valence-corrected chi connectivity index (χ3v) is 5.27. The molecule has 2 atom stereocenters. The van der Waals surface area contributed by atoms with Crippen LogP contribution in [0.4, 0.5) is 0 Å². The van der Waals surface area contributed by atoms with E-state index >= 15 is 0 Å². The third kappa shape index (κ3) is 4.34. The summed E-state index contributed by atoms with van der Waals surface area (Å²) >= 11 is 0. The minimum atomic E-state index is -0.832. The number of carbonyl (C=O) groups excluding carboxylic acids is 2. The number of esters is 1. The highest BCUT2D eigenvalue weighted by molar-refractivity contribution is 6.10. The second-order valence-electron chi connectivity index (χ2n) is 7.09. The fourth-order valence-electron chi connectivity index (χ4n) is 3.75. The van der Waals surface area contributed by atoms with Gasteiger partial charge in [-0.2, -0.15) is 0 Å². The lowest BCUT2D eigenvalue weighted by Crippen LogP contribution is -2.34. The molecule has 0 fully saturated rings. The first kappa shape index (κ1) is 20.6. The third-order valence-electron chi connectivity index (χ3n) is 5.27.